The lowest BCUT2D eigenvalue weighted by Crippen LogP contribution is -2.54. The van der Waals surface area contributed by atoms with E-state index in [1.54, 1.807) is 0 Å². The van der Waals surface area contributed by atoms with Gasteiger partial charge in [0.1, 0.15) is 23.8 Å². The molecule has 4 aliphatic rings. The topological polar surface area (TPSA) is 66.7 Å². The van der Waals surface area contributed by atoms with Crippen molar-refractivity contribution in [1.82, 2.24) is 10.1 Å². The molecule has 7 heteroatoms. The zero-order valence-electron chi connectivity index (χ0n) is 13.4. The Balaban J connectivity index is 1.46. The third-order valence-electron chi connectivity index (χ3n) is 5.01. The highest BCUT2D eigenvalue weighted by Crippen LogP contribution is 2.45. The number of carbonyl (C=O) groups is 1. The summed E-state index contributed by atoms with van der Waals surface area (Å²) in [7, 11) is 0. The van der Waals surface area contributed by atoms with Gasteiger partial charge in [0.15, 0.2) is 0 Å². The number of hydrogen-bond acceptors (Lipinski definition) is 6. The minimum atomic E-state index is -0.519. The Kier molecular flexibility index (Phi) is 3.11. The summed E-state index contributed by atoms with van der Waals surface area (Å²) in [6.45, 7) is 5.58. The molecule has 0 aromatic carbocycles. The van der Waals surface area contributed by atoms with Crippen molar-refractivity contribution in [2.45, 2.75) is 88.7 Å². The summed E-state index contributed by atoms with van der Waals surface area (Å²) < 4.78 is 5.43. The number of hydroxylamine groups is 2. The fourth-order valence-electron chi connectivity index (χ4n) is 4.15. The Morgan fingerprint density at radius 1 is 1.27 bits per heavy atom. The molecule has 2 aliphatic carbocycles. The maximum atomic E-state index is 12.3. The molecule has 1 saturated heterocycles. The summed E-state index contributed by atoms with van der Waals surface area (Å²) in [6.07, 6.45) is 5.34. The maximum absolute atomic E-state index is 12.3. The Hall–Kier alpha value is -1.37. The number of amides is 1. The van der Waals surface area contributed by atoms with Crippen molar-refractivity contribution in [3.63, 3.8) is 0 Å². The van der Waals surface area contributed by atoms with Crippen molar-refractivity contribution in [3.05, 3.63) is 0 Å². The van der Waals surface area contributed by atoms with Gasteiger partial charge in [-0.05, 0) is 33.6 Å². The molecule has 2 bridgehead atoms. The van der Waals surface area contributed by atoms with Crippen LogP contribution in [0.5, 0.6) is 0 Å². The molecule has 1 amide bonds. The largest absolute Gasteiger partial charge is 0.442 e. The van der Waals surface area contributed by atoms with Gasteiger partial charge in [-0.3, -0.25) is 9.85 Å². The summed E-state index contributed by atoms with van der Waals surface area (Å²) in [5.74, 6) is 0. The second kappa shape index (κ2) is 4.81. The van der Waals surface area contributed by atoms with Crippen LogP contribution in [-0.2, 0) is 9.57 Å². The normalized spacial score (nSPS) is 37.2. The van der Waals surface area contributed by atoms with Gasteiger partial charge in [0.2, 0.25) is 0 Å². The summed E-state index contributed by atoms with van der Waals surface area (Å²) in [5, 5.41) is 12.4. The van der Waals surface area contributed by atoms with E-state index in [1.165, 1.54) is 30.7 Å². The standard InChI is InChI=1S/C15H24N4O3/c1-15(2,3)21-14(20)19-10-8-11(22-19)13-12(10)16-17-18(13)9-6-4-5-7-9/h9-13H,4-8H2,1-3H3/t10-,11+,12+,13-/m1/s1. The minimum Gasteiger partial charge on any atom is -0.442 e. The van der Waals surface area contributed by atoms with Gasteiger partial charge in [0, 0.05) is 12.5 Å². The first-order chi connectivity index (χ1) is 10.4. The fourth-order valence-corrected chi connectivity index (χ4v) is 4.15. The molecule has 0 spiro atoms. The predicted molar refractivity (Wildman–Crippen MR) is 77.9 cm³/mol. The molecule has 0 radical (unpaired) electrons. The van der Waals surface area contributed by atoms with E-state index in [-0.39, 0.29) is 24.2 Å². The monoisotopic (exact) mass is 308 g/mol. The Labute approximate surface area is 130 Å². The summed E-state index contributed by atoms with van der Waals surface area (Å²) in [4.78, 5) is 18.1. The molecule has 22 heavy (non-hydrogen) atoms. The van der Waals surface area contributed by atoms with Crippen molar-refractivity contribution >= 4 is 6.09 Å². The van der Waals surface area contributed by atoms with E-state index in [0.717, 1.165) is 6.42 Å². The Bertz CT molecular complexity index is 498. The molecule has 2 saturated carbocycles. The molecule has 2 aliphatic heterocycles. The highest BCUT2D eigenvalue weighted by Gasteiger charge is 2.61. The van der Waals surface area contributed by atoms with Gasteiger partial charge in [0.05, 0.1) is 6.04 Å². The van der Waals surface area contributed by atoms with E-state index in [1.807, 2.05) is 20.8 Å². The lowest BCUT2D eigenvalue weighted by molar-refractivity contribution is -0.190. The van der Waals surface area contributed by atoms with E-state index in [0.29, 0.717) is 6.04 Å². The average Bonchev–Trinajstić information content (AvgIpc) is 3.18. The second-order valence-electron chi connectivity index (χ2n) is 7.76. The third kappa shape index (κ3) is 2.17. The van der Waals surface area contributed by atoms with Crippen molar-refractivity contribution in [2.75, 3.05) is 0 Å². The van der Waals surface area contributed by atoms with Gasteiger partial charge < -0.3 is 4.74 Å². The highest BCUT2D eigenvalue weighted by atomic mass is 16.7. The van der Waals surface area contributed by atoms with Crippen molar-refractivity contribution in [3.8, 4) is 0 Å². The van der Waals surface area contributed by atoms with Gasteiger partial charge >= 0.3 is 6.09 Å². The minimum absolute atomic E-state index is 0.00174. The first-order valence-corrected chi connectivity index (χ1v) is 8.32. The third-order valence-corrected chi connectivity index (χ3v) is 5.01. The first kappa shape index (κ1) is 14.2. The molecule has 2 heterocycles. The SMILES string of the molecule is CC(C)(C)OC(=O)N1O[C@H]2C[C@@H]1[C@@H]1N=NN(C3CCCC3)[C@@H]12. The molecule has 122 valence electrons. The molecule has 0 aromatic heterocycles. The summed E-state index contributed by atoms with van der Waals surface area (Å²) in [6, 6.07) is 0.690. The van der Waals surface area contributed by atoms with Crippen molar-refractivity contribution < 1.29 is 14.4 Å². The van der Waals surface area contributed by atoms with Gasteiger partial charge in [-0.15, -0.1) is 0 Å². The molecule has 0 aromatic rings. The quantitative estimate of drug-likeness (QED) is 0.747. The first-order valence-electron chi connectivity index (χ1n) is 8.32. The van der Waals surface area contributed by atoms with Crippen LogP contribution in [0, 0.1) is 0 Å². The van der Waals surface area contributed by atoms with Crippen LogP contribution in [0.1, 0.15) is 52.9 Å². The molecule has 4 rings (SSSR count). The van der Waals surface area contributed by atoms with Crippen LogP contribution in [0.25, 0.3) is 0 Å². The summed E-state index contributed by atoms with van der Waals surface area (Å²) in [5.41, 5.74) is -0.519. The number of rotatable bonds is 1. The maximum Gasteiger partial charge on any atom is 0.434 e. The molecular weight excluding hydrogens is 284 g/mol. The number of nitrogens with zero attached hydrogens (tertiary/aromatic N) is 4. The van der Waals surface area contributed by atoms with Crippen LogP contribution in [0.15, 0.2) is 10.3 Å². The molecule has 3 fully saturated rings. The van der Waals surface area contributed by atoms with E-state index in [4.69, 9.17) is 9.57 Å². The fraction of sp³-hybridized carbons (Fsp3) is 0.933. The Morgan fingerprint density at radius 3 is 2.68 bits per heavy atom. The zero-order valence-corrected chi connectivity index (χ0v) is 13.4. The van der Waals surface area contributed by atoms with Gasteiger partial charge in [-0.25, -0.2) is 4.79 Å². The number of hydrogen-bond donors (Lipinski definition) is 0. The summed E-state index contributed by atoms with van der Waals surface area (Å²) >= 11 is 0. The molecular formula is C15H24N4O3. The number of fused-ring (bicyclic) bond motifs is 5. The number of carbonyl (C=O) groups excluding carboxylic acids is 1. The smallest absolute Gasteiger partial charge is 0.434 e. The van der Waals surface area contributed by atoms with Crippen LogP contribution in [-0.4, -0.2) is 52.0 Å². The molecule has 4 atom stereocenters. The van der Waals surface area contributed by atoms with Gasteiger partial charge in [-0.1, -0.05) is 18.1 Å². The lowest BCUT2D eigenvalue weighted by Gasteiger charge is -2.36. The van der Waals surface area contributed by atoms with Crippen LogP contribution in [0.3, 0.4) is 0 Å². The van der Waals surface area contributed by atoms with Crippen LogP contribution >= 0.6 is 0 Å². The lowest BCUT2D eigenvalue weighted by atomic mass is 10.1. The molecule has 0 N–H and O–H groups in total. The van der Waals surface area contributed by atoms with E-state index in [9.17, 15) is 4.79 Å². The zero-order chi connectivity index (χ0) is 15.5. The van der Waals surface area contributed by atoms with Crippen LogP contribution in [0.2, 0.25) is 0 Å². The average molecular weight is 308 g/mol. The van der Waals surface area contributed by atoms with E-state index >= 15 is 0 Å². The van der Waals surface area contributed by atoms with E-state index in [2.05, 4.69) is 15.3 Å². The predicted octanol–water partition coefficient (Wildman–Crippen LogP) is 2.67. The highest BCUT2D eigenvalue weighted by molar-refractivity contribution is 5.68. The molecule has 7 nitrogen and oxygen atoms in total. The van der Waals surface area contributed by atoms with Crippen molar-refractivity contribution in [2.24, 2.45) is 10.3 Å². The van der Waals surface area contributed by atoms with Crippen LogP contribution in [0.4, 0.5) is 4.79 Å². The second-order valence-corrected chi connectivity index (χ2v) is 7.76. The van der Waals surface area contributed by atoms with Crippen LogP contribution < -0.4 is 0 Å². The Morgan fingerprint density at radius 2 is 2.00 bits per heavy atom. The molecule has 0 unspecified atom stereocenters. The van der Waals surface area contributed by atoms with E-state index < -0.39 is 11.7 Å². The van der Waals surface area contributed by atoms with Gasteiger partial charge in [0.25, 0.3) is 0 Å². The number of ether oxygens (including phenoxy) is 1. The van der Waals surface area contributed by atoms with Gasteiger partial charge in [-0.2, -0.15) is 10.2 Å². The van der Waals surface area contributed by atoms with Crippen molar-refractivity contribution in [1.29, 1.82) is 0 Å².